The van der Waals surface area contributed by atoms with Crippen molar-refractivity contribution in [1.29, 1.82) is 0 Å². The molecular weight excluding hydrogens is 390 g/mol. The lowest BCUT2D eigenvalue weighted by atomic mass is 9.95. The number of rotatable bonds is 4. The Bertz CT molecular complexity index is 993. The molecular formula is C22H23NO5S. The largest absolute Gasteiger partial charge is 0.462 e. The summed E-state index contributed by atoms with van der Waals surface area (Å²) in [5.41, 5.74) is 3.71. The summed E-state index contributed by atoms with van der Waals surface area (Å²) < 4.78 is 10.6. The van der Waals surface area contributed by atoms with Gasteiger partial charge in [0.2, 0.25) is 0 Å². The molecule has 2 aliphatic rings. The second-order valence-electron chi connectivity index (χ2n) is 7.38. The van der Waals surface area contributed by atoms with Crippen LogP contribution in [0.5, 0.6) is 0 Å². The van der Waals surface area contributed by atoms with Crippen LogP contribution in [0.25, 0.3) is 0 Å². The van der Waals surface area contributed by atoms with Gasteiger partial charge in [0.15, 0.2) is 6.10 Å². The molecule has 0 spiro atoms. The summed E-state index contributed by atoms with van der Waals surface area (Å²) in [6.45, 7) is 3.94. The van der Waals surface area contributed by atoms with Crippen molar-refractivity contribution >= 4 is 34.2 Å². The van der Waals surface area contributed by atoms with Crippen LogP contribution in [0.15, 0.2) is 18.2 Å². The van der Waals surface area contributed by atoms with Gasteiger partial charge < -0.3 is 14.8 Å². The van der Waals surface area contributed by atoms with Gasteiger partial charge in [0.1, 0.15) is 5.00 Å². The predicted octanol–water partition coefficient (Wildman–Crippen LogP) is 3.83. The summed E-state index contributed by atoms with van der Waals surface area (Å²) >= 11 is 1.42. The highest BCUT2D eigenvalue weighted by Gasteiger charge is 2.33. The molecule has 1 aliphatic heterocycles. The molecule has 1 aromatic carbocycles. The zero-order valence-electron chi connectivity index (χ0n) is 16.5. The molecule has 0 saturated carbocycles. The molecule has 0 radical (unpaired) electrons. The van der Waals surface area contributed by atoms with E-state index in [-0.39, 0.29) is 6.61 Å². The average molecular weight is 413 g/mol. The van der Waals surface area contributed by atoms with Gasteiger partial charge in [-0.3, -0.25) is 4.79 Å². The van der Waals surface area contributed by atoms with Crippen LogP contribution in [0.1, 0.15) is 62.0 Å². The molecule has 1 unspecified atom stereocenters. The fraction of sp³-hybridized carbons (Fsp3) is 0.409. The maximum Gasteiger partial charge on any atom is 0.341 e. The number of thiophene rings is 1. The Hall–Kier alpha value is -2.67. The number of nitrogens with one attached hydrogen (secondary N) is 1. The van der Waals surface area contributed by atoms with Crippen LogP contribution in [0.4, 0.5) is 5.00 Å². The molecule has 7 heteroatoms. The minimum atomic E-state index is -0.924. The average Bonchev–Trinajstić information content (AvgIpc) is 3.06. The highest BCUT2D eigenvalue weighted by atomic mass is 32.1. The zero-order chi connectivity index (χ0) is 20.5. The Balaban J connectivity index is 1.59. The van der Waals surface area contributed by atoms with E-state index in [1.165, 1.54) is 11.3 Å². The third-order valence-electron chi connectivity index (χ3n) is 5.32. The summed E-state index contributed by atoms with van der Waals surface area (Å²) in [5.74, 6) is -1.33. The van der Waals surface area contributed by atoms with Gasteiger partial charge >= 0.3 is 11.9 Å². The van der Waals surface area contributed by atoms with Gasteiger partial charge in [-0.1, -0.05) is 17.7 Å². The van der Waals surface area contributed by atoms with Crippen LogP contribution in [-0.4, -0.2) is 30.6 Å². The fourth-order valence-electron chi connectivity index (χ4n) is 3.90. The molecule has 0 saturated heterocycles. The normalized spacial score (nSPS) is 17.7. The van der Waals surface area contributed by atoms with Crippen LogP contribution in [-0.2, 0) is 33.5 Å². The molecule has 1 N–H and O–H groups in total. The van der Waals surface area contributed by atoms with E-state index in [2.05, 4.69) is 5.32 Å². The van der Waals surface area contributed by atoms with Crippen molar-refractivity contribution < 1.29 is 23.9 Å². The number of cyclic esters (lactones) is 1. The molecule has 1 aliphatic carbocycles. The number of benzene rings is 1. The first-order chi connectivity index (χ1) is 14.0. The molecule has 1 aromatic heterocycles. The van der Waals surface area contributed by atoms with Crippen molar-refractivity contribution in [3.63, 3.8) is 0 Å². The maximum atomic E-state index is 12.9. The Labute approximate surface area is 173 Å². The van der Waals surface area contributed by atoms with Gasteiger partial charge in [-0.2, -0.15) is 0 Å². The number of anilines is 1. The predicted molar refractivity (Wildman–Crippen MR) is 110 cm³/mol. The summed E-state index contributed by atoms with van der Waals surface area (Å²) in [6.07, 6.45) is 3.17. The minimum Gasteiger partial charge on any atom is -0.462 e. The molecule has 1 amide bonds. The van der Waals surface area contributed by atoms with Gasteiger partial charge in [0.25, 0.3) is 5.91 Å². The highest BCUT2D eigenvalue weighted by molar-refractivity contribution is 7.17. The molecule has 152 valence electrons. The number of carbonyl (C=O) groups is 3. The summed E-state index contributed by atoms with van der Waals surface area (Å²) in [4.78, 5) is 38.9. The zero-order valence-corrected chi connectivity index (χ0v) is 17.3. The minimum absolute atomic E-state index is 0.271. The van der Waals surface area contributed by atoms with Gasteiger partial charge in [-0.15, -0.1) is 11.3 Å². The first-order valence-corrected chi connectivity index (χ1v) is 10.7. The lowest BCUT2D eigenvalue weighted by molar-refractivity contribution is -0.125. The summed E-state index contributed by atoms with van der Waals surface area (Å²) in [7, 11) is 0. The van der Waals surface area contributed by atoms with Crippen molar-refractivity contribution in [2.45, 2.75) is 52.1 Å². The molecule has 0 fully saturated rings. The Morgan fingerprint density at radius 1 is 1.28 bits per heavy atom. The standard InChI is InChI=1S/C22H23NO5S/c1-3-27-22(26)18-14-6-4-5-7-17(14)29-20(18)23-19(24)16-11-13-9-8-12(2)10-15(13)21(25)28-16/h8-10,16H,3-7,11H2,1-2H3,(H,23,24). The van der Waals surface area contributed by atoms with Crippen molar-refractivity contribution in [2.24, 2.45) is 0 Å². The van der Waals surface area contributed by atoms with E-state index in [1.54, 1.807) is 13.0 Å². The first kappa shape index (κ1) is 19.6. The van der Waals surface area contributed by atoms with E-state index in [9.17, 15) is 14.4 Å². The van der Waals surface area contributed by atoms with E-state index in [0.29, 0.717) is 22.5 Å². The van der Waals surface area contributed by atoms with Crippen molar-refractivity contribution in [2.75, 3.05) is 11.9 Å². The van der Waals surface area contributed by atoms with Gasteiger partial charge in [-0.05, 0) is 56.7 Å². The third-order valence-corrected chi connectivity index (χ3v) is 6.53. The summed E-state index contributed by atoms with van der Waals surface area (Å²) in [6, 6.07) is 5.55. The number of hydrogen-bond donors (Lipinski definition) is 1. The molecule has 4 rings (SSSR count). The van der Waals surface area contributed by atoms with Crippen LogP contribution in [0.3, 0.4) is 0 Å². The van der Waals surface area contributed by atoms with Gasteiger partial charge in [0, 0.05) is 11.3 Å². The van der Waals surface area contributed by atoms with E-state index in [0.717, 1.165) is 47.3 Å². The fourth-order valence-corrected chi connectivity index (χ4v) is 5.18. The van der Waals surface area contributed by atoms with Crippen molar-refractivity contribution in [1.82, 2.24) is 0 Å². The second-order valence-corrected chi connectivity index (χ2v) is 8.49. The van der Waals surface area contributed by atoms with E-state index >= 15 is 0 Å². The Morgan fingerprint density at radius 3 is 2.86 bits per heavy atom. The van der Waals surface area contributed by atoms with E-state index < -0.39 is 23.9 Å². The van der Waals surface area contributed by atoms with Crippen LogP contribution in [0, 0.1) is 6.92 Å². The molecule has 29 heavy (non-hydrogen) atoms. The number of fused-ring (bicyclic) bond motifs is 2. The Kier molecular flexibility index (Phi) is 5.41. The molecule has 2 aromatic rings. The molecule has 6 nitrogen and oxygen atoms in total. The maximum absolute atomic E-state index is 12.9. The van der Waals surface area contributed by atoms with Crippen LogP contribution in [0.2, 0.25) is 0 Å². The van der Waals surface area contributed by atoms with Crippen molar-refractivity contribution in [3.05, 3.63) is 50.9 Å². The molecule has 2 heterocycles. The number of hydrogen-bond acceptors (Lipinski definition) is 6. The Morgan fingerprint density at radius 2 is 2.07 bits per heavy atom. The lowest BCUT2D eigenvalue weighted by Crippen LogP contribution is -2.38. The van der Waals surface area contributed by atoms with E-state index in [1.807, 2.05) is 19.1 Å². The SMILES string of the molecule is CCOC(=O)c1c(NC(=O)C2Cc3ccc(C)cc3C(=O)O2)sc2c1CCCC2. The monoisotopic (exact) mass is 413 g/mol. The second kappa shape index (κ2) is 7.99. The number of amides is 1. The van der Waals surface area contributed by atoms with Crippen LogP contribution >= 0.6 is 11.3 Å². The number of aryl methyl sites for hydroxylation is 2. The number of ether oxygens (including phenoxy) is 2. The quantitative estimate of drug-likeness (QED) is 0.771. The highest BCUT2D eigenvalue weighted by Crippen LogP contribution is 2.39. The van der Waals surface area contributed by atoms with Crippen LogP contribution < -0.4 is 5.32 Å². The van der Waals surface area contributed by atoms with E-state index in [4.69, 9.17) is 9.47 Å². The molecule has 0 bridgehead atoms. The summed E-state index contributed by atoms with van der Waals surface area (Å²) in [5, 5.41) is 3.33. The number of carbonyl (C=O) groups excluding carboxylic acids is 3. The smallest absolute Gasteiger partial charge is 0.341 e. The topological polar surface area (TPSA) is 81.7 Å². The first-order valence-electron chi connectivity index (χ1n) is 9.91. The van der Waals surface area contributed by atoms with Gasteiger partial charge in [0.05, 0.1) is 17.7 Å². The van der Waals surface area contributed by atoms with Crippen molar-refractivity contribution in [3.8, 4) is 0 Å². The molecule has 1 atom stereocenters. The van der Waals surface area contributed by atoms with Gasteiger partial charge in [-0.25, -0.2) is 9.59 Å². The third kappa shape index (κ3) is 3.79. The lowest BCUT2D eigenvalue weighted by Gasteiger charge is -2.24. The number of esters is 2.